The summed E-state index contributed by atoms with van der Waals surface area (Å²) < 4.78 is 0. The van der Waals surface area contributed by atoms with Crippen molar-refractivity contribution in [2.45, 2.75) is 6.42 Å². The van der Waals surface area contributed by atoms with E-state index >= 15 is 0 Å². The third kappa shape index (κ3) is 2.07. The molecule has 0 saturated carbocycles. The minimum atomic E-state index is 0.699. The molecule has 0 bridgehead atoms. The number of hydrogen-bond acceptors (Lipinski definition) is 2. The van der Waals surface area contributed by atoms with Crippen LogP contribution in [0.15, 0.2) is 59.8 Å². The molecule has 3 rings (SSSR count). The van der Waals surface area contributed by atoms with Gasteiger partial charge in [-0.05, 0) is 17.2 Å². The van der Waals surface area contributed by atoms with Crippen molar-refractivity contribution in [1.29, 1.82) is 0 Å². The molecule has 0 amide bonds. The van der Waals surface area contributed by atoms with Crippen LogP contribution in [0.5, 0.6) is 0 Å². The Morgan fingerprint density at radius 1 is 0.824 bits per heavy atom. The van der Waals surface area contributed by atoms with Gasteiger partial charge >= 0.3 is 0 Å². The Kier molecular flexibility index (Phi) is 2.62. The Labute approximate surface area is 101 Å². The van der Waals surface area contributed by atoms with Crippen molar-refractivity contribution in [2.75, 3.05) is 6.61 Å². The van der Waals surface area contributed by atoms with E-state index in [-0.39, 0.29) is 0 Å². The topological polar surface area (TPSA) is 21.6 Å². The third-order valence-electron chi connectivity index (χ3n) is 2.91. The minimum Gasteiger partial charge on any atom is -0.395 e. The first-order valence-corrected chi connectivity index (χ1v) is 5.78. The molecule has 2 aromatic rings. The van der Waals surface area contributed by atoms with Crippen LogP contribution in [0.1, 0.15) is 12.0 Å². The molecule has 0 N–H and O–H groups in total. The monoisotopic (exact) mass is 223 g/mol. The highest BCUT2D eigenvalue weighted by Gasteiger charge is 2.11. The van der Waals surface area contributed by atoms with Gasteiger partial charge in [0.1, 0.15) is 6.61 Å². The third-order valence-corrected chi connectivity index (χ3v) is 2.91. The molecule has 0 fully saturated rings. The number of hydrogen-bond donors (Lipinski definition) is 0. The van der Waals surface area contributed by atoms with Crippen LogP contribution in [-0.2, 0) is 4.84 Å². The molecule has 0 atom stereocenters. The predicted octanol–water partition coefficient (Wildman–Crippen LogP) is 3.48. The van der Waals surface area contributed by atoms with Crippen LogP contribution in [0, 0.1) is 0 Å². The Bertz CT molecular complexity index is 546. The maximum Gasteiger partial charge on any atom is 0.122 e. The average molecular weight is 223 g/mol. The van der Waals surface area contributed by atoms with E-state index in [9.17, 15) is 0 Å². The van der Waals surface area contributed by atoms with Crippen molar-refractivity contribution in [3.8, 4) is 11.1 Å². The average Bonchev–Trinajstić information content (AvgIpc) is 2.94. The molecule has 2 heteroatoms. The lowest BCUT2D eigenvalue weighted by molar-refractivity contribution is 0.174. The molecule has 1 aliphatic rings. The summed E-state index contributed by atoms with van der Waals surface area (Å²) in [6.45, 7) is 0.699. The van der Waals surface area contributed by atoms with Gasteiger partial charge in [0.2, 0.25) is 0 Å². The molecule has 84 valence electrons. The highest BCUT2D eigenvalue weighted by atomic mass is 16.6. The van der Waals surface area contributed by atoms with Crippen LogP contribution in [0.25, 0.3) is 11.1 Å². The smallest absolute Gasteiger partial charge is 0.122 e. The minimum absolute atomic E-state index is 0.699. The first-order chi connectivity index (χ1) is 8.43. The summed E-state index contributed by atoms with van der Waals surface area (Å²) in [5.74, 6) is 0. The summed E-state index contributed by atoms with van der Waals surface area (Å²) in [4.78, 5) is 5.05. The van der Waals surface area contributed by atoms with Gasteiger partial charge in [-0.2, -0.15) is 0 Å². The molecule has 0 saturated heterocycles. The fourth-order valence-electron chi connectivity index (χ4n) is 2.02. The zero-order valence-electron chi connectivity index (χ0n) is 9.47. The van der Waals surface area contributed by atoms with Gasteiger partial charge in [-0.3, -0.25) is 0 Å². The van der Waals surface area contributed by atoms with E-state index < -0.39 is 0 Å². The highest BCUT2D eigenvalue weighted by Crippen LogP contribution is 2.21. The van der Waals surface area contributed by atoms with E-state index in [0.29, 0.717) is 6.61 Å². The Balaban J connectivity index is 2.00. The Morgan fingerprint density at radius 3 is 2.35 bits per heavy atom. The quantitative estimate of drug-likeness (QED) is 0.763. The van der Waals surface area contributed by atoms with Crippen LogP contribution >= 0.6 is 0 Å². The molecule has 0 radical (unpaired) electrons. The van der Waals surface area contributed by atoms with E-state index in [1.165, 1.54) is 11.1 Å². The van der Waals surface area contributed by atoms with Gasteiger partial charge in [-0.15, -0.1) is 0 Å². The van der Waals surface area contributed by atoms with Crippen LogP contribution in [0.3, 0.4) is 0 Å². The normalized spacial score (nSPS) is 14.2. The van der Waals surface area contributed by atoms with Gasteiger partial charge in [0.25, 0.3) is 0 Å². The molecule has 0 aromatic heterocycles. The van der Waals surface area contributed by atoms with Gasteiger partial charge in [-0.25, -0.2) is 0 Å². The zero-order chi connectivity index (χ0) is 11.5. The number of oxime groups is 1. The first-order valence-electron chi connectivity index (χ1n) is 5.78. The van der Waals surface area contributed by atoms with Gasteiger partial charge in [0, 0.05) is 12.0 Å². The fourth-order valence-corrected chi connectivity index (χ4v) is 2.02. The molecule has 0 unspecified atom stereocenters. The highest BCUT2D eigenvalue weighted by molar-refractivity contribution is 6.01. The standard InChI is InChI=1S/C15H13NO/c1-2-5-12(6-3-1)13-7-4-8-14(11-13)15-9-10-17-16-15/h1-8,11H,9-10H2. The lowest BCUT2D eigenvalue weighted by Gasteiger charge is -2.04. The van der Waals surface area contributed by atoms with Crippen LogP contribution in [0.4, 0.5) is 0 Å². The van der Waals surface area contributed by atoms with Crippen LogP contribution in [-0.4, -0.2) is 12.3 Å². The summed E-state index contributed by atoms with van der Waals surface area (Å²) >= 11 is 0. The zero-order valence-corrected chi connectivity index (χ0v) is 9.47. The number of nitrogens with zero attached hydrogens (tertiary/aromatic N) is 1. The van der Waals surface area contributed by atoms with Crippen LogP contribution in [0.2, 0.25) is 0 Å². The largest absolute Gasteiger partial charge is 0.395 e. The van der Waals surface area contributed by atoms with Gasteiger partial charge in [-0.1, -0.05) is 53.7 Å². The SMILES string of the molecule is c1ccc(-c2cccc(C3=NOCC3)c2)cc1. The van der Waals surface area contributed by atoms with Crippen molar-refractivity contribution in [3.63, 3.8) is 0 Å². The maximum atomic E-state index is 5.05. The summed E-state index contributed by atoms with van der Waals surface area (Å²) in [6.07, 6.45) is 0.901. The number of benzene rings is 2. The lowest BCUT2D eigenvalue weighted by atomic mass is 10.0. The maximum absolute atomic E-state index is 5.05. The van der Waals surface area contributed by atoms with Crippen LogP contribution < -0.4 is 0 Å². The molecule has 17 heavy (non-hydrogen) atoms. The fraction of sp³-hybridized carbons (Fsp3) is 0.133. The molecular formula is C15H13NO. The van der Waals surface area contributed by atoms with Gasteiger partial charge in [0.05, 0.1) is 5.71 Å². The number of rotatable bonds is 2. The van der Waals surface area contributed by atoms with E-state index in [4.69, 9.17) is 4.84 Å². The second-order valence-electron chi connectivity index (χ2n) is 4.07. The molecule has 0 spiro atoms. The van der Waals surface area contributed by atoms with E-state index in [0.717, 1.165) is 17.7 Å². The van der Waals surface area contributed by atoms with E-state index in [1.54, 1.807) is 0 Å². The van der Waals surface area contributed by atoms with Gasteiger partial charge in [0.15, 0.2) is 0 Å². The van der Waals surface area contributed by atoms with Crippen molar-refractivity contribution in [1.82, 2.24) is 0 Å². The molecule has 1 aliphatic heterocycles. The Hall–Kier alpha value is -2.09. The Morgan fingerprint density at radius 2 is 1.59 bits per heavy atom. The molecule has 2 nitrogen and oxygen atoms in total. The summed E-state index contributed by atoms with van der Waals surface area (Å²) in [7, 11) is 0. The van der Waals surface area contributed by atoms with Crippen molar-refractivity contribution < 1.29 is 4.84 Å². The molecule has 0 aliphatic carbocycles. The summed E-state index contributed by atoms with van der Waals surface area (Å²) in [6, 6.07) is 18.8. The van der Waals surface area contributed by atoms with Crippen molar-refractivity contribution >= 4 is 5.71 Å². The molecule has 1 heterocycles. The first kappa shape index (κ1) is 10.1. The predicted molar refractivity (Wildman–Crippen MR) is 69.0 cm³/mol. The lowest BCUT2D eigenvalue weighted by Crippen LogP contribution is -1.97. The molecule has 2 aromatic carbocycles. The molecular weight excluding hydrogens is 210 g/mol. The van der Waals surface area contributed by atoms with Crippen molar-refractivity contribution in [3.05, 3.63) is 60.2 Å². The van der Waals surface area contributed by atoms with Crippen molar-refractivity contribution in [2.24, 2.45) is 5.16 Å². The summed E-state index contributed by atoms with van der Waals surface area (Å²) in [5, 5.41) is 4.06. The summed E-state index contributed by atoms with van der Waals surface area (Å²) in [5.41, 5.74) is 4.65. The van der Waals surface area contributed by atoms with Gasteiger partial charge < -0.3 is 4.84 Å². The second kappa shape index (κ2) is 4.42. The van der Waals surface area contributed by atoms with E-state index in [1.807, 2.05) is 6.07 Å². The second-order valence-corrected chi connectivity index (χ2v) is 4.07. The van der Waals surface area contributed by atoms with E-state index in [2.05, 4.69) is 53.7 Å².